The van der Waals surface area contributed by atoms with Crippen molar-refractivity contribution < 1.29 is 13.5 Å². The van der Waals surface area contributed by atoms with Gasteiger partial charge in [0.05, 0.1) is 5.75 Å². The fourth-order valence-electron chi connectivity index (χ4n) is 1.55. The number of rotatable bonds is 5. The van der Waals surface area contributed by atoms with E-state index in [4.69, 9.17) is 9.29 Å². The minimum absolute atomic E-state index is 0.263. The lowest BCUT2D eigenvalue weighted by atomic mass is 10.2. The zero-order valence-corrected chi connectivity index (χ0v) is 10.6. The summed E-state index contributed by atoms with van der Waals surface area (Å²) in [6.45, 7) is 0. The Labute approximate surface area is 109 Å². The molecular weight excluding hydrogens is 248 g/mol. The van der Waals surface area contributed by atoms with Gasteiger partial charge in [-0.15, -0.1) is 0 Å². The van der Waals surface area contributed by atoms with Crippen LogP contribution in [0.5, 0.6) is 11.5 Å². The number of hydrogen-bond donors (Lipinski definition) is 1. The van der Waals surface area contributed by atoms with E-state index in [2.05, 4.69) is 0 Å². The number of ether oxygens (including phenoxy) is 1. The highest BCUT2D eigenvalue weighted by molar-refractivity contribution is 7.79. The molecule has 0 spiro atoms. The van der Waals surface area contributed by atoms with E-state index >= 15 is 0 Å². The standard InChI is InChI=1S/C14H14O3S/c15-18(16)11-10-12-6-8-14(9-7-12)17-13-4-2-1-3-5-13/h1-9H,10-11H2,(H,15,16). The topological polar surface area (TPSA) is 46.5 Å². The predicted octanol–water partition coefficient (Wildman–Crippen LogP) is 3.24. The first kappa shape index (κ1) is 12.8. The van der Waals surface area contributed by atoms with Gasteiger partial charge in [0.15, 0.2) is 11.1 Å². The number of aryl methyl sites for hydroxylation is 1. The van der Waals surface area contributed by atoms with Gasteiger partial charge >= 0.3 is 0 Å². The van der Waals surface area contributed by atoms with Gasteiger partial charge in [-0.05, 0) is 36.2 Å². The van der Waals surface area contributed by atoms with Gasteiger partial charge in [-0.1, -0.05) is 30.3 Å². The molecular formula is C14H14O3S. The van der Waals surface area contributed by atoms with Gasteiger partial charge in [-0.3, -0.25) is 0 Å². The van der Waals surface area contributed by atoms with E-state index in [1.165, 1.54) is 0 Å². The zero-order valence-electron chi connectivity index (χ0n) is 9.78. The lowest BCUT2D eigenvalue weighted by Gasteiger charge is -2.06. The molecule has 2 rings (SSSR count). The van der Waals surface area contributed by atoms with Gasteiger partial charge in [0.1, 0.15) is 11.5 Å². The summed E-state index contributed by atoms with van der Waals surface area (Å²) < 4.78 is 24.9. The van der Waals surface area contributed by atoms with Crippen LogP contribution in [0, 0.1) is 0 Å². The summed E-state index contributed by atoms with van der Waals surface area (Å²) in [6.07, 6.45) is 0.592. The molecule has 4 heteroatoms. The molecule has 0 aliphatic rings. The fourth-order valence-corrected chi connectivity index (χ4v) is 1.96. The van der Waals surface area contributed by atoms with E-state index in [1.54, 1.807) is 0 Å². The molecule has 2 aromatic rings. The van der Waals surface area contributed by atoms with Gasteiger partial charge in [-0.2, -0.15) is 0 Å². The highest BCUT2D eigenvalue weighted by atomic mass is 32.2. The van der Waals surface area contributed by atoms with E-state index < -0.39 is 11.1 Å². The van der Waals surface area contributed by atoms with Crippen molar-refractivity contribution in [2.45, 2.75) is 6.42 Å². The van der Waals surface area contributed by atoms with E-state index in [9.17, 15) is 4.21 Å². The Bertz CT molecular complexity index is 508. The average Bonchev–Trinajstić information content (AvgIpc) is 2.39. The number of para-hydroxylation sites is 1. The van der Waals surface area contributed by atoms with Crippen LogP contribution in [0.2, 0.25) is 0 Å². The third kappa shape index (κ3) is 3.98. The van der Waals surface area contributed by atoms with E-state index in [0.717, 1.165) is 17.1 Å². The molecule has 2 aromatic carbocycles. The van der Waals surface area contributed by atoms with Crippen LogP contribution in [0.4, 0.5) is 0 Å². The monoisotopic (exact) mass is 262 g/mol. The van der Waals surface area contributed by atoms with Gasteiger partial charge in [0.2, 0.25) is 0 Å². The van der Waals surface area contributed by atoms with E-state index in [0.29, 0.717) is 6.42 Å². The van der Waals surface area contributed by atoms with Crippen LogP contribution in [0.1, 0.15) is 5.56 Å². The number of hydrogen-bond acceptors (Lipinski definition) is 2. The Hall–Kier alpha value is -1.65. The molecule has 0 saturated carbocycles. The predicted molar refractivity (Wildman–Crippen MR) is 72.3 cm³/mol. The van der Waals surface area contributed by atoms with Crippen molar-refractivity contribution in [2.75, 3.05) is 5.75 Å². The minimum Gasteiger partial charge on any atom is -0.457 e. The van der Waals surface area contributed by atoms with Crippen LogP contribution in [0.15, 0.2) is 54.6 Å². The van der Waals surface area contributed by atoms with Crippen LogP contribution in [-0.2, 0) is 17.5 Å². The molecule has 3 nitrogen and oxygen atoms in total. The molecule has 0 aromatic heterocycles. The summed E-state index contributed by atoms with van der Waals surface area (Å²) in [5.41, 5.74) is 1.03. The molecule has 0 amide bonds. The van der Waals surface area contributed by atoms with Crippen LogP contribution in [0.25, 0.3) is 0 Å². The third-order valence-electron chi connectivity index (χ3n) is 2.47. The lowest BCUT2D eigenvalue weighted by molar-refractivity contribution is 0.482. The molecule has 0 heterocycles. The second-order valence-corrected chi connectivity index (χ2v) is 4.89. The molecule has 18 heavy (non-hydrogen) atoms. The van der Waals surface area contributed by atoms with Gasteiger partial charge in [-0.25, -0.2) is 4.21 Å². The quantitative estimate of drug-likeness (QED) is 0.841. The zero-order chi connectivity index (χ0) is 12.8. The SMILES string of the molecule is O=S(O)CCc1ccc(Oc2ccccc2)cc1. The normalized spacial score (nSPS) is 12.1. The van der Waals surface area contributed by atoms with Crippen molar-refractivity contribution in [3.05, 3.63) is 60.2 Å². The van der Waals surface area contributed by atoms with Crippen LogP contribution in [0.3, 0.4) is 0 Å². The van der Waals surface area contributed by atoms with Gasteiger partial charge in [0.25, 0.3) is 0 Å². The van der Waals surface area contributed by atoms with Crippen molar-refractivity contribution in [1.29, 1.82) is 0 Å². The van der Waals surface area contributed by atoms with Crippen molar-refractivity contribution in [3.63, 3.8) is 0 Å². The summed E-state index contributed by atoms with van der Waals surface area (Å²) in [5.74, 6) is 1.82. The fraction of sp³-hybridized carbons (Fsp3) is 0.143. The summed E-state index contributed by atoms with van der Waals surface area (Å²) in [7, 11) is 0. The molecule has 0 fully saturated rings. The molecule has 1 atom stereocenters. The largest absolute Gasteiger partial charge is 0.457 e. The summed E-state index contributed by atoms with van der Waals surface area (Å²) >= 11 is -1.73. The second kappa shape index (κ2) is 6.33. The molecule has 0 radical (unpaired) electrons. The van der Waals surface area contributed by atoms with Crippen molar-refractivity contribution in [3.8, 4) is 11.5 Å². The minimum atomic E-state index is -1.73. The van der Waals surface area contributed by atoms with E-state index in [1.807, 2.05) is 54.6 Å². The highest BCUT2D eigenvalue weighted by Crippen LogP contribution is 2.21. The highest BCUT2D eigenvalue weighted by Gasteiger charge is 1.99. The molecule has 1 unspecified atom stereocenters. The van der Waals surface area contributed by atoms with Crippen LogP contribution >= 0.6 is 0 Å². The van der Waals surface area contributed by atoms with Crippen molar-refractivity contribution in [2.24, 2.45) is 0 Å². The summed E-state index contributed by atoms with van der Waals surface area (Å²) in [6, 6.07) is 17.1. The maximum atomic E-state index is 10.6. The first-order valence-corrected chi connectivity index (χ1v) is 6.91. The Morgan fingerprint density at radius 1 is 0.944 bits per heavy atom. The first-order chi connectivity index (χ1) is 8.74. The Balaban J connectivity index is 1.97. The van der Waals surface area contributed by atoms with Gasteiger partial charge < -0.3 is 9.29 Å². The smallest absolute Gasteiger partial charge is 0.153 e. The molecule has 0 aliphatic carbocycles. The molecule has 0 aliphatic heterocycles. The Kier molecular flexibility index (Phi) is 4.50. The second-order valence-electron chi connectivity index (χ2n) is 3.83. The molecule has 0 saturated heterocycles. The van der Waals surface area contributed by atoms with Crippen LogP contribution in [-0.4, -0.2) is 14.5 Å². The first-order valence-electron chi connectivity index (χ1n) is 5.63. The molecule has 1 N–H and O–H groups in total. The number of benzene rings is 2. The van der Waals surface area contributed by atoms with E-state index in [-0.39, 0.29) is 5.75 Å². The van der Waals surface area contributed by atoms with Crippen molar-refractivity contribution >= 4 is 11.1 Å². The molecule has 0 bridgehead atoms. The van der Waals surface area contributed by atoms with Crippen molar-refractivity contribution in [1.82, 2.24) is 0 Å². The van der Waals surface area contributed by atoms with Gasteiger partial charge in [0, 0.05) is 0 Å². The third-order valence-corrected chi connectivity index (χ3v) is 3.02. The Morgan fingerprint density at radius 3 is 2.17 bits per heavy atom. The Morgan fingerprint density at radius 2 is 1.56 bits per heavy atom. The lowest BCUT2D eigenvalue weighted by Crippen LogP contribution is -1.98. The average molecular weight is 262 g/mol. The van der Waals surface area contributed by atoms with Crippen LogP contribution < -0.4 is 4.74 Å². The summed E-state index contributed by atoms with van der Waals surface area (Å²) in [5, 5.41) is 0. The maximum Gasteiger partial charge on any atom is 0.153 e. The maximum absolute atomic E-state index is 10.6. The summed E-state index contributed by atoms with van der Waals surface area (Å²) in [4.78, 5) is 0. The molecule has 94 valence electrons.